The van der Waals surface area contributed by atoms with Crippen molar-refractivity contribution in [1.29, 1.82) is 0 Å². The molecule has 4 nitrogen and oxygen atoms in total. The van der Waals surface area contributed by atoms with Crippen molar-refractivity contribution in [3.8, 4) is 0 Å². The molecular weight excluding hydrogens is 164 g/mol. The molecule has 2 aromatic rings. The minimum absolute atomic E-state index is 0.117. The third-order valence-electron chi connectivity index (χ3n) is 2.65. The van der Waals surface area contributed by atoms with Crippen LogP contribution in [0.3, 0.4) is 0 Å². The molecule has 1 fully saturated rings. The molecule has 1 saturated carbocycles. The minimum atomic E-state index is -0.117. The zero-order chi connectivity index (χ0) is 8.89. The van der Waals surface area contributed by atoms with Gasteiger partial charge < -0.3 is 10.7 Å². The van der Waals surface area contributed by atoms with Gasteiger partial charge in [-0.1, -0.05) is 0 Å². The summed E-state index contributed by atoms with van der Waals surface area (Å²) in [6.07, 6.45) is 5.55. The van der Waals surface area contributed by atoms with Crippen molar-refractivity contribution >= 4 is 11.2 Å². The maximum atomic E-state index is 6.12. The summed E-state index contributed by atoms with van der Waals surface area (Å²) >= 11 is 0. The molecule has 0 atom stereocenters. The third kappa shape index (κ3) is 0.890. The third-order valence-corrected chi connectivity index (χ3v) is 2.65. The molecule has 3 N–H and O–H groups in total. The van der Waals surface area contributed by atoms with Gasteiger partial charge in [-0.25, -0.2) is 9.97 Å². The van der Waals surface area contributed by atoms with Gasteiger partial charge in [0.25, 0.3) is 0 Å². The van der Waals surface area contributed by atoms with E-state index in [0.29, 0.717) is 0 Å². The van der Waals surface area contributed by atoms with Crippen LogP contribution in [0, 0.1) is 0 Å². The van der Waals surface area contributed by atoms with Crippen molar-refractivity contribution in [2.75, 3.05) is 0 Å². The first-order valence-electron chi connectivity index (χ1n) is 4.37. The van der Waals surface area contributed by atoms with Crippen LogP contribution >= 0.6 is 0 Å². The van der Waals surface area contributed by atoms with Gasteiger partial charge in [0.1, 0.15) is 0 Å². The molecule has 0 radical (unpaired) electrons. The number of hydrogen-bond donors (Lipinski definition) is 2. The van der Waals surface area contributed by atoms with Crippen LogP contribution in [-0.2, 0) is 5.54 Å². The van der Waals surface area contributed by atoms with Crippen molar-refractivity contribution in [1.82, 2.24) is 15.0 Å². The number of aromatic amines is 1. The van der Waals surface area contributed by atoms with Gasteiger partial charge in [0.05, 0.1) is 11.8 Å². The zero-order valence-corrected chi connectivity index (χ0v) is 7.12. The van der Waals surface area contributed by atoms with Gasteiger partial charge in [-0.2, -0.15) is 0 Å². The summed E-state index contributed by atoms with van der Waals surface area (Å²) in [6, 6.07) is 1.98. The van der Waals surface area contributed by atoms with E-state index in [1.807, 2.05) is 6.07 Å². The Balaban J connectivity index is 2.33. The first-order chi connectivity index (χ1) is 6.30. The fourth-order valence-electron chi connectivity index (χ4n) is 1.67. The van der Waals surface area contributed by atoms with Crippen LogP contribution in [0.25, 0.3) is 11.2 Å². The fourth-order valence-corrected chi connectivity index (χ4v) is 1.67. The number of pyridine rings is 1. The van der Waals surface area contributed by atoms with E-state index in [-0.39, 0.29) is 5.54 Å². The average Bonchev–Trinajstić information content (AvgIpc) is 2.72. The molecule has 1 aliphatic carbocycles. The van der Waals surface area contributed by atoms with Gasteiger partial charge in [0.15, 0.2) is 5.65 Å². The van der Waals surface area contributed by atoms with Crippen LogP contribution in [0.1, 0.15) is 18.4 Å². The molecule has 3 rings (SSSR count). The van der Waals surface area contributed by atoms with Crippen molar-refractivity contribution in [3.05, 3.63) is 24.2 Å². The van der Waals surface area contributed by atoms with Crippen LogP contribution < -0.4 is 5.73 Å². The highest BCUT2D eigenvalue weighted by Crippen LogP contribution is 2.44. The van der Waals surface area contributed by atoms with Crippen LogP contribution in [0.5, 0.6) is 0 Å². The van der Waals surface area contributed by atoms with Crippen molar-refractivity contribution in [2.45, 2.75) is 18.4 Å². The number of nitrogens with zero attached hydrogens (tertiary/aromatic N) is 2. The largest absolute Gasteiger partial charge is 0.343 e. The van der Waals surface area contributed by atoms with Crippen LogP contribution in [0.2, 0.25) is 0 Å². The first kappa shape index (κ1) is 7.03. The van der Waals surface area contributed by atoms with E-state index in [1.54, 1.807) is 12.5 Å². The maximum Gasteiger partial charge on any atom is 0.177 e. The number of nitrogens with one attached hydrogen (secondary N) is 1. The van der Waals surface area contributed by atoms with Crippen molar-refractivity contribution < 1.29 is 0 Å². The summed E-state index contributed by atoms with van der Waals surface area (Å²) in [5, 5.41) is 0. The van der Waals surface area contributed by atoms with E-state index in [4.69, 9.17) is 5.73 Å². The van der Waals surface area contributed by atoms with E-state index in [0.717, 1.165) is 29.6 Å². The van der Waals surface area contributed by atoms with E-state index in [9.17, 15) is 0 Å². The Labute approximate surface area is 75.2 Å². The van der Waals surface area contributed by atoms with Gasteiger partial charge in [-0.15, -0.1) is 0 Å². The summed E-state index contributed by atoms with van der Waals surface area (Å²) in [4.78, 5) is 11.3. The Morgan fingerprint density at radius 2 is 2.23 bits per heavy atom. The molecule has 66 valence electrons. The molecule has 0 unspecified atom stereocenters. The second kappa shape index (κ2) is 2.09. The van der Waals surface area contributed by atoms with E-state index < -0.39 is 0 Å². The van der Waals surface area contributed by atoms with Crippen molar-refractivity contribution in [2.24, 2.45) is 5.73 Å². The molecule has 0 amide bonds. The van der Waals surface area contributed by atoms with Gasteiger partial charge in [0, 0.05) is 17.3 Å². The predicted octanol–water partition coefficient (Wildman–Crippen LogP) is 0.906. The number of rotatable bonds is 1. The Hall–Kier alpha value is -1.42. The Morgan fingerprint density at radius 3 is 3.00 bits per heavy atom. The standard InChI is InChI=1S/C9H10N4/c10-9(2-3-9)6-1-4-11-8-7(6)12-5-13-8/h1,4-5H,2-3,10H2,(H,11,12,13). The second-order valence-corrected chi connectivity index (χ2v) is 3.62. The number of nitrogens with two attached hydrogens (primary N) is 1. The lowest BCUT2D eigenvalue weighted by atomic mass is 10.1. The van der Waals surface area contributed by atoms with Crippen LogP contribution in [0.4, 0.5) is 0 Å². The van der Waals surface area contributed by atoms with Gasteiger partial charge in [-0.05, 0) is 18.9 Å². The summed E-state index contributed by atoms with van der Waals surface area (Å²) < 4.78 is 0. The molecule has 0 bridgehead atoms. The molecular formula is C9H10N4. The molecule has 2 aromatic heterocycles. The van der Waals surface area contributed by atoms with E-state index in [2.05, 4.69) is 15.0 Å². The lowest BCUT2D eigenvalue weighted by Crippen LogP contribution is -2.19. The molecule has 1 aliphatic rings. The van der Waals surface area contributed by atoms with Gasteiger partial charge in [-0.3, -0.25) is 0 Å². The number of fused-ring (bicyclic) bond motifs is 1. The quantitative estimate of drug-likeness (QED) is 0.675. The maximum absolute atomic E-state index is 6.12. The predicted molar refractivity (Wildman–Crippen MR) is 49.0 cm³/mol. The average molecular weight is 174 g/mol. The van der Waals surface area contributed by atoms with Crippen molar-refractivity contribution in [3.63, 3.8) is 0 Å². The molecule has 13 heavy (non-hydrogen) atoms. The van der Waals surface area contributed by atoms with Crippen LogP contribution in [0.15, 0.2) is 18.6 Å². The number of H-pyrrole nitrogens is 1. The molecule has 0 aliphatic heterocycles. The SMILES string of the molecule is NC1(c2ccnc3nc[nH]c23)CC1. The normalized spacial score (nSPS) is 19.2. The Kier molecular flexibility index (Phi) is 1.13. The summed E-state index contributed by atoms with van der Waals surface area (Å²) in [5.41, 5.74) is 8.90. The van der Waals surface area contributed by atoms with Gasteiger partial charge >= 0.3 is 0 Å². The number of imidazole rings is 1. The minimum Gasteiger partial charge on any atom is -0.343 e. The second-order valence-electron chi connectivity index (χ2n) is 3.62. The van der Waals surface area contributed by atoms with Crippen LogP contribution in [-0.4, -0.2) is 15.0 Å². The monoisotopic (exact) mass is 174 g/mol. The summed E-state index contributed by atoms with van der Waals surface area (Å²) in [6.45, 7) is 0. The van der Waals surface area contributed by atoms with E-state index in [1.165, 1.54) is 0 Å². The molecule has 0 saturated heterocycles. The van der Waals surface area contributed by atoms with Gasteiger partial charge in [0.2, 0.25) is 0 Å². The molecule has 2 heterocycles. The highest BCUT2D eigenvalue weighted by atomic mass is 15.0. The smallest absolute Gasteiger partial charge is 0.177 e. The summed E-state index contributed by atoms with van der Waals surface area (Å²) in [5.74, 6) is 0. The lowest BCUT2D eigenvalue weighted by molar-refractivity contribution is 0.745. The Bertz CT molecular complexity index is 455. The Morgan fingerprint density at radius 1 is 1.38 bits per heavy atom. The fraction of sp³-hybridized carbons (Fsp3) is 0.333. The molecule has 0 aromatic carbocycles. The van der Waals surface area contributed by atoms with E-state index >= 15 is 0 Å². The summed E-state index contributed by atoms with van der Waals surface area (Å²) in [7, 11) is 0. The highest BCUT2D eigenvalue weighted by molar-refractivity contribution is 5.75. The highest BCUT2D eigenvalue weighted by Gasteiger charge is 2.41. The zero-order valence-electron chi connectivity index (χ0n) is 7.12. The number of aromatic nitrogens is 3. The molecule has 0 spiro atoms. The molecule has 4 heteroatoms. The lowest BCUT2D eigenvalue weighted by Gasteiger charge is -2.08. The first-order valence-corrected chi connectivity index (χ1v) is 4.37. The topological polar surface area (TPSA) is 67.6 Å². The number of hydrogen-bond acceptors (Lipinski definition) is 3.